The minimum absolute atomic E-state index is 0.274. The summed E-state index contributed by atoms with van der Waals surface area (Å²) in [7, 11) is 0. The van der Waals surface area contributed by atoms with Gasteiger partial charge in [-0.15, -0.1) is 0 Å². The molecule has 26 heavy (non-hydrogen) atoms. The van der Waals surface area contributed by atoms with E-state index < -0.39 is 17.9 Å². The van der Waals surface area contributed by atoms with E-state index in [-0.39, 0.29) is 6.54 Å². The maximum atomic E-state index is 12.4. The van der Waals surface area contributed by atoms with E-state index >= 15 is 0 Å². The van der Waals surface area contributed by atoms with E-state index in [4.69, 9.17) is 0 Å². The summed E-state index contributed by atoms with van der Waals surface area (Å²) >= 11 is 0. The van der Waals surface area contributed by atoms with E-state index in [2.05, 4.69) is 15.6 Å². The first kappa shape index (κ1) is 17.4. The first-order valence-corrected chi connectivity index (χ1v) is 8.31. The second-order valence-electron chi connectivity index (χ2n) is 5.77. The number of nitrogens with one attached hydrogen (secondary N) is 2. The zero-order valence-corrected chi connectivity index (χ0v) is 14.1. The van der Waals surface area contributed by atoms with Crippen LogP contribution >= 0.6 is 0 Å². The molecule has 0 aliphatic carbocycles. The van der Waals surface area contributed by atoms with Gasteiger partial charge in [-0.05, 0) is 28.8 Å². The molecule has 3 rings (SSSR count). The highest BCUT2D eigenvalue weighted by molar-refractivity contribution is 6.35. The molecule has 0 radical (unpaired) electrons. The Labute approximate surface area is 152 Å². The van der Waals surface area contributed by atoms with Crippen LogP contribution in [0.1, 0.15) is 22.7 Å². The highest BCUT2D eigenvalue weighted by Crippen LogP contribution is 2.21. The fourth-order valence-corrected chi connectivity index (χ4v) is 2.61. The number of pyridine rings is 1. The van der Waals surface area contributed by atoms with Gasteiger partial charge >= 0.3 is 11.8 Å². The molecular weight excluding hydrogens is 326 g/mol. The molecule has 5 nitrogen and oxygen atoms in total. The van der Waals surface area contributed by atoms with Crippen molar-refractivity contribution in [2.45, 2.75) is 12.6 Å². The van der Waals surface area contributed by atoms with Crippen LogP contribution in [0.3, 0.4) is 0 Å². The molecule has 0 bridgehead atoms. The molecule has 1 heterocycles. The van der Waals surface area contributed by atoms with Crippen LogP contribution in [0.5, 0.6) is 0 Å². The van der Waals surface area contributed by atoms with Crippen molar-refractivity contribution in [1.82, 2.24) is 15.6 Å². The van der Waals surface area contributed by atoms with E-state index in [0.29, 0.717) is 0 Å². The molecule has 0 atom stereocenters. The second-order valence-corrected chi connectivity index (χ2v) is 5.77. The van der Waals surface area contributed by atoms with E-state index in [9.17, 15) is 9.59 Å². The summed E-state index contributed by atoms with van der Waals surface area (Å²) in [5, 5.41) is 5.45. The SMILES string of the molecule is O=C(NCc1ccncc1)C(=O)NC(c1ccccc1)c1ccccc1. The van der Waals surface area contributed by atoms with Gasteiger partial charge in [0.2, 0.25) is 0 Å². The first-order chi connectivity index (χ1) is 12.7. The summed E-state index contributed by atoms with van der Waals surface area (Å²) < 4.78 is 0. The molecule has 5 heteroatoms. The van der Waals surface area contributed by atoms with Gasteiger partial charge in [0.25, 0.3) is 0 Å². The quantitative estimate of drug-likeness (QED) is 0.698. The van der Waals surface area contributed by atoms with Crippen LogP contribution in [-0.4, -0.2) is 16.8 Å². The summed E-state index contributed by atoms with van der Waals surface area (Å²) in [4.78, 5) is 28.5. The molecule has 2 amide bonds. The van der Waals surface area contributed by atoms with Crippen LogP contribution in [0.15, 0.2) is 85.2 Å². The summed E-state index contributed by atoms with van der Waals surface area (Å²) in [5.41, 5.74) is 2.70. The number of aromatic nitrogens is 1. The van der Waals surface area contributed by atoms with Gasteiger partial charge in [-0.25, -0.2) is 0 Å². The van der Waals surface area contributed by atoms with E-state index in [1.165, 1.54) is 0 Å². The number of amides is 2. The minimum atomic E-state index is -0.670. The molecule has 1 aromatic heterocycles. The minimum Gasteiger partial charge on any atom is -0.344 e. The lowest BCUT2D eigenvalue weighted by molar-refractivity contribution is -0.139. The smallest absolute Gasteiger partial charge is 0.310 e. The van der Waals surface area contributed by atoms with Crippen molar-refractivity contribution in [1.29, 1.82) is 0 Å². The Morgan fingerprint density at radius 2 is 1.31 bits per heavy atom. The maximum absolute atomic E-state index is 12.4. The van der Waals surface area contributed by atoms with Crippen LogP contribution in [0.2, 0.25) is 0 Å². The van der Waals surface area contributed by atoms with Gasteiger partial charge in [0.1, 0.15) is 0 Å². The average molecular weight is 345 g/mol. The van der Waals surface area contributed by atoms with Gasteiger partial charge in [-0.2, -0.15) is 0 Å². The molecule has 0 unspecified atom stereocenters. The fraction of sp³-hybridized carbons (Fsp3) is 0.0952. The molecule has 130 valence electrons. The number of carbonyl (C=O) groups is 2. The second kappa shape index (κ2) is 8.58. The topological polar surface area (TPSA) is 71.1 Å². The largest absolute Gasteiger partial charge is 0.344 e. The summed E-state index contributed by atoms with van der Waals surface area (Å²) in [6.45, 7) is 0.274. The Morgan fingerprint density at radius 3 is 1.85 bits per heavy atom. The molecule has 0 saturated carbocycles. The Kier molecular flexibility index (Phi) is 5.72. The van der Waals surface area contributed by atoms with Crippen molar-refractivity contribution >= 4 is 11.8 Å². The Morgan fingerprint density at radius 1 is 0.769 bits per heavy atom. The monoisotopic (exact) mass is 345 g/mol. The van der Waals surface area contributed by atoms with E-state index in [1.807, 2.05) is 60.7 Å². The van der Waals surface area contributed by atoms with Crippen molar-refractivity contribution in [3.8, 4) is 0 Å². The van der Waals surface area contributed by atoms with Crippen molar-refractivity contribution in [3.63, 3.8) is 0 Å². The van der Waals surface area contributed by atoms with Crippen LogP contribution in [0.4, 0.5) is 0 Å². The molecule has 3 aromatic rings. The number of hydrogen-bond donors (Lipinski definition) is 2. The zero-order chi connectivity index (χ0) is 18.2. The molecule has 0 aliphatic rings. The third-order valence-corrected chi connectivity index (χ3v) is 3.95. The van der Waals surface area contributed by atoms with Gasteiger partial charge in [0.15, 0.2) is 0 Å². The highest BCUT2D eigenvalue weighted by Gasteiger charge is 2.21. The zero-order valence-electron chi connectivity index (χ0n) is 14.1. The van der Waals surface area contributed by atoms with Crippen molar-refractivity contribution in [2.75, 3.05) is 0 Å². The lowest BCUT2D eigenvalue weighted by Gasteiger charge is -2.19. The van der Waals surface area contributed by atoms with Gasteiger partial charge < -0.3 is 10.6 Å². The number of benzene rings is 2. The molecular formula is C21H19N3O2. The maximum Gasteiger partial charge on any atom is 0.310 e. The first-order valence-electron chi connectivity index (χ1n) is 8.31. The third-order valence-electron chi connectivity index (χ3n) is 3.95. The summed E-state index contributed by atoms with van der Waals surface area (Å²) in [6.07, 6.45) is 3.28. The number of hydrogen-bond acceptors (Lipinski definition) is 3. The van der Waals surface area contributed by atoms with Crippen molar-refractivity contribution < 1.29 is 9.59 Å². The van der Waals surface area contributed by atoms with Crippen molar-refractivity contribution in [2.24, 2.45) is 0 Å². The van der Waals surface area contributed by atoms with E-state index in [0.717, 1.165) is 16.7 Å². The van der Waals surface area contributed by atoms with Crippen LogP contribution in [-0.2, 0) is 16.1 Å². The highest BCUT2D eigenvalue weighted by atomic mass is 16.2. The Balaban J connectivity index is 1.70. The molecule has 0 saturated heterocycles. The molecule has 0 spiro atoms. The standard InChI is InChI=1S/C21H19N3O2/c25-20(23-15-16-11-13-22-14-12-16)21(26)24-19(17-7-3-1-4-8-17)18-9-5-2-6-10-18/h1-14,19H,15H2,(H,23,25)(H,24,26). The summed E-state index contributed by atoms with van der Waals surface area (Å²) in [6, 6.07) is 22.3. The van der Waals surface area contributed by atoms with Gasteiger partial charge in [0.05, 0.1) is 6.04 Å². The number of carbonyl (C=O) groups excluding carboxylic acids is 2. The molecule has 2 aromatic carbocycles. The summed E-state index contributed by atoms with van der Waals surface area (Å²) in [5.74, 6) is -1.34. The van der Waals surface area contributed by atoms with Gasteiger partial charge in [-0.1, -0.05) is 60.7 Å². The lowest BCUT2D eigenvalue weighted by atomic mass is 9.99. The van der Waals surface area contributed by atoms with Gasteiger partial charge in [0, 0.05) is 18.9 Å². The average Bonchev–Trinajstić information content (AvgIpc) is 2.72. The molecule has 0 fully saturated rings. The fourth-order valence-electron chi connectivity index (χ4n) is 2.61. The van der Waals surface area contributed by atoms with E-state index in [1.54, 1.807) is 24.5 Å². The lowest BCUT2D eigenvalue weighted by Crippen LogP contribution is -2.41. The van der Waals surface area contributed by atoms with Gasteiger partial charge in [-0.3, -0.25) is 14.6 Å². The van der Waals surface area contributed by atoms with Crippen molar-refractivity contribution in [3.05, 3.63) is 102 Å². The molecule has 2 N–H and O–H groups in total. The van der Waals surface area contributed by atoms with Crippen LogP contribution in [0, 0.1) is 0 Å². The number of nitrogens with zero attached hydrogens (tertiary/aromatic N) is 1. The Bertz CT molecular complexity index is 813. The predicted molar refractivity (Wildman–Crippen MR) is 99.0 cm³/mol. The third kappa shape index (κ3) is 4.54. The predicted octanol–water partition coefficient (Wildman–Crippen LogP) is 2.60. The van der Waals surface area contributed by atoms with Crippen LogP contribution in [0.25, 0.3) is 0 Å². The normalized spacial score (nSPS) is 10.3. The Hall–Kier alpha value is -3.47. The van der Waals surface area contributed by atoms with Crippen LogP contribution < -0.4 is 10.6 Å². The molecule has 0 aliphatic heterocycles. The number of rotatable bonds is 5.